The highest BCUT2D eigenvalue weighted by Crippen LogP contribution is 2.28. The van der Waals surface area contributed by atoms with Crippen LogP contribution in [0.3, 0.4) is 0 Å². The molecule has 1 N–H and O–H groups in total. The molecule has 9 heteroatoms. The third-order valence-electron chi connectivity index (χ3n) is 6.06. The second-order valence-corrected chi connectivity index (χ2v) is 10.2. The van der Waals surface area contributed by atoms with Gasteiger partial charge in [0.1, 0.15) is 0 Å². The van der Waals surface area contributed by atoms with Crippen molar-refractivity contribution in [1.29, 1.82) is 0 Å². The predicted molar refractivity (Wildman–Crippen MR) is 120 cm³/mol. The zero-order valence-corrected chi connectivity index (χ0v) is 18.8. The summed E-state index contributed by atoms with van der Waals surface area (Å²) in [6.45, 7) is 1.75. The molecule has 1 aromatic carbocycles. The Labute approximate surface area is 188 Å². The van der Waals surface area contributed by atoms with Gasteiger partial charge in [-0.15, -0.1) is 0 Å². The fraction of sp³-hybridized carbons (Fsp3) is 0.435. The third-order valence-corrected chi connectivity index (χ3v) is 7.98. The van der Waals surface area contributed by atoms with Crippen molar-refractivity contribution in [2.24, 2.45) is 5.92 Å². The maximum Gasteiger partial charge on any atom is 0.243 e. The van der Waals surface area contributed by atoms with Gasteiger partial charge in [-0.1, -0.05) is 12.8 Å². The van der Waals surface area contributed by atoms with Gasteiger partial charge in [0.15, 0.2) is 0 Å². The van der Waals surface area contributed by atoms with Crippen LogP contribution in [0, 0.1) is 5.92 Å². The number of carbonyl (C=O) groups excluding carboxylic acids is 2. The van der Waals surface area contributed by atoms with Crippen molar-refractivity contribution in [2.45, 2.75) is 43.5 Å². The molecule has 2 saturated heterocycles. The number of nitrogens with zero attached hydrogens (tertiary/aromatic N) is 3. The number of sulfonamides is 1. The molecule has 170 valence electrons. The van der Waals surface area contributed by atoms with E-state index in [4.69, 9.17) is 0 Å². The van der Waals surface area contributed by atoms with Crippen molar-refractivity contribution in [2.75, 3.05) is 24.5 Å². The summed E-state index contributed by atoms with van der Waals surface area (Å²) in [7, 11) is -3.54. The van der Waals surface area contributed by atoms with Crippen molar-refractivity contribution in [3.8, 4) is 0 Å². The quantitative estimate of drug-likeness (QED) is 0.719. The molecule has 1 atom stereocenters. The Hall–Kier alpha value is -2.78. The summed E-state index contributed by atoms with van der Waals surface area (Å²) < 4.78 is 27.5. The number of benzene rings is 1. The molecular formula is C23H28N4O4S. The normalized spacial score (nSPS) is 20.2. The zero-order valence-electron chi connectivity index (χ0n) is 17.9. The van der Waals surface area contributed by atoms with E-state index in [0.29, 0.717) is 25.3 Å². The van der Waals surface area contributed by atoms with E-state index >= 15 is 0 Å². The molecule has 0 spiro atoms. The minimum absolute atomic E-state index is 0.135. The molecule has 0 radical (unpaired) electrons. The van der Waals surface area contributed by atoms with E-state index in [0.717, 1.165) is 31.2 Å². The fourth-order valence-electron chi connectivity index (χ4n) is 4.20. The molecule has 0 saturated carbocycles. The number of amides is 2. The Morgan fingerprint density at radius 3 is 2.31 bits per heavy atom. The summed E-state index contributed by atoms with van der Waals surface area (Å²) in [6.07, 6.45) is 7.33. The van der Waals surface area contributed by atoms with Crippen LogP contribution in [0.25, 0.3) is 0 Å². The highest BCUT2D eigenvalue weighted by Gasteiger charge is 2.35. The molecule has 2 aliphatic rings. The molecule has 2 aromatic rings. The number of nitrogens with one attached hydrogen (secondary N) is 1. The summed E-state index contributed by atoms with van der Waals surface area (Å²) in [5.41, 5.74) is 1.55. The summed E-state index contributed by atoms with van der Waals surface area (Å²) in [4.78, 5) is 30.8. The highest BCUT2D eigenvalue weighted by atomic mass is 32.2. The van der Waals surface area contributed by atoms with Crippen molar-refractivity contribution in [3.05, 3.63) is 54.4 Å². The lowest BCUT2D eigenvalue weighted by Gasteiger charge is -2.21. The van der Waals surface area contributed by atoms with Gasteiger partial charge in [-0.25, -0.2) is 8.42 Å². The standard InChI is InChI=1S/C23H28N4O4S/c28-22-15-19(23(29)25-16-18-9-11-24-12-10-18)17-27(22)20-5-7-21(8-6-20)32(30,31)26-13-3-1-2-4-14-26/h5-12,19H,1-4,13-17H2,(H,25,29)/t19-/m1/s1. The number of hydrogen-bond donors (Lipinski definition) is 1. The molecule has 2 amide bonds. The van der Waals surface area contributed by atoms with Crippen LogP contribution in [-0.2, 0) is 26.2 Å². The summed E-state index contributed by atoms with van der Waals surface area (Å²) in [5, 5.41) is 2.87. The Morgan fingerprint density at radius 1 is 1.00 bits per heavy atom. The number of anilines is 1. The smallest absolute Gasteiger partial charge is 0.243 e. The van der Waals surface area contributed by atoms with Gasteiger partial charge in [0.25, 0.3) is 0 Å². The average Bonchev–Trinajstić information content (AvgIpc) is 3.00. The van der Waals surface area contributed by atoms with Crippen molar-refractivity contribution >= 4 is 27.5 Å². The fourth-order valence-corrected chi connectivity index (χ4v) is 5.71. The van der Waals surface area contributed by atoms with Crippen molar-refractivity contribution < 1.29 is 18.0 Å². The Kier molecular flexibility index (Phi) is 6.86. The summed E-state index contributed by atoms with van der Waals surface area (Å²) in [6, 6.07) is 10.1. The van der Waals surface area contributed by atoms with Crippen molar-refractivity contribution in [1.82, 2.24) is 14.6 Å². The minimum Gasteiger partial charge on any atom is -0.352 e. The lowest BCUT2D eigenvalue weighted by atomic mass is 10.1. The van der Waals surface area contributed by atoms with Crippen LogP contribution < -0.4 is 10.2 Å². The van der Waals surface area contributed by atoms with Crippen LogP contribution in [0.4, 0.5) is 5.69 Å². The molecule has 4 rings (SSSR count). The van der Waals surface area contributed by atoms with Crippen LogP contribution in [0.2, 0.25) is 0 Å². The molecule has 32 heavy (non-hydrogen) atoms. The first-order chi connectivity index (χ1) is 15.4. The second kappa shape index (κ2) is 9.79. The van der Waals surface area contributed by atoms with E-state index < -0.39 is 15.9 Å². The van der Waals surface area contributed by atoms with E-state index in [2.05, 4.69) is 10.3 Å². The lowest BCUT2D eigenvalue weighted by molar-refractivity contribution is -0.126. The average molecular weight is 457 g/mol. The molecule has 1 aromatic heterocycles. The van der Waals surface area contributed by atoms with Crippen LogP contribution >= 0.6 is 0 Å². The molecule has 3 heterocycles. The maximum atomic E-state index is 13.0. The first-order valence-corrected chi connectivity index (χ1v) is 12.5. The largest absolute Gasteiger partial charge is 0.352 e. The molecule has 0 aliphatic carbocycles. The third kappa shape index (κ3) is 4.99. The molecule has 2 fully saturated rings. The van der Waals surface area contributed by atoms with Crippen LogP contribution in [-0.4, -0.2) is 49.2 Å². The number of rotatable bonds is 6. The van der Waals surface area contributed by atoms with Gasteiger partial charge in [0.05, 0.1) is 10.8 Å². The van der Waals surface area contributed by atoms with Crippen LogP contribution in [0.1, 0.15) is 37.7 Å². The van der Waals surface area contributed by atoms with Gasteiger partial charge in [-0.05, 0) is 54.8 Å². The summed E-state index contributed by atoms with van der Waals surface area (Å²) in [5.74, 6) is -0.750. The monoisotopic (exact) mass is 456 g/mol. The number of pyridine rings is 1. The molecule has 0 unspecified atom stereocenters. The van der Waals surface area contributed by atoms with Crippen LogP contribution in [0.15, 0.2) is 53.7 Å². The van der Waals surface area contributed by atoms with Crippen molar-refractivity contribution in [3.63, 3.8) is 0 Å². The van der Waals surface area contributed by atoms with Gasteiger partial charge in [0, 0.05) is 50.7 Å². The van der Waals surface area contributed by atoms with Crippen LogP contribution in [0.5, 0.6) is 0 Å². The zero-order chi connectivity index (χ0) is 22.6. The number of hydrogen-bond acceptors (Lipinski definition) is 5. The molecular weight excluding hydrogens is 428 g/mol. The SMILES string of the molecule is O=C(NCc1ccncc1)[C@@H]1CC(=O)N(c2ccc(S(=O)(=O)N3CCCCCC3)cc2)C1. The highest BCUT2D eigenvalue weighted by molar-refractivity contribution is 7.89. The summed E-state index contributed by atoms with van der Waals surface area (Å²) >= 11 is 0. The topological polar surface area (TPSA) is 99.7 Å². The van der Waals surface area contributed by atoms with Gasteiger partial charge < -0.3 is 10.2 Å². The number of carbonyl (C=O) groups is 2. The first kappa shape index (κ1) is 22.4. The predicted octanol–water partition coefficient (Wildman–Crippen LogP) is 2.32. The van der Waals surface area contributed by atoms with E-state index in [-0.39, 0.29) is 29.7 Å². The van der Waals surface area contributed by atoms with E-state index in [1.165, 1.54) is 0 Å². The maximum absolute atomic E-state index is 13.0. The van der Waals surface area contributed by atoms with E-state index in [1.807, 2.05) is 12.1 Å². The minimum atomic E-state index is -3.54. The number of aromatic nitrogens is 1. The van der Waals surface area contributed by atoms with Gasteiger partial charge in [-0.3, -0.25) is 14.6 Å². The van der Waals surface area contributed by atoms with E-state index in [1.54, 1.807) is 45.9 Å². The second-order valence-electron chi connectivity index (χ2n) is 8.29. The van der Waals surface area contributed by atoms with Gasteiger partial charge in [0.2, 0.25) is 21.8 Å². The van der Waals surface area contributed by atoms with Gasteiger partial charge in [-0.2, -0.15) is 4.31 Å². The Bertz CT molecular complexity index is 1050. The molecule has 8 nitrogen and oxygen atoms in total. The first-order valence-electron chi connectivity index (χ1n) is 11.0. The lowest BCUT2D eigenvalue weighted by Crippen LogP contribution is -2.33. The molecule has 2 aliphatic heterocycles. The van der Waals surface area contributed by atoms with E-state index in [9.17, 15) is 18.0 Å². The Morgan fingerprint density at radius 2 is 1.66 bits per heavy atom. The Balaban J connectivity index is 1.39. The molecule has 0 bridgehead atoms. The van der Waals surface area contributed by atoms with Gasteiger partial charge >= 0.3 is 0 Å².